The molecule has 0 radical (unpaired) electrons. The van der Waals surface area contributed by atoms with Crippen molar-refractivity contribution in [3.05, 3.63) is 34.9 Å². The van der Waals surface area contributed by atoms with Gasteiger partial charge in [0.2, 0.25) is 0 Å². The van der Waals surface area contributed by atoms with Gasteiger partial charge in [0.05, 0.1) is 6.10 Å². The summed E-state index contributed by atoms with van der Waals surface area (Å²) >= 11 is 6.04. The fourth-order valence-electron chi connectivity index (χ4n) is 3.56. The van der Waals surface area contributed by atoms with Crippen LogP contribution in [0.5, 0.6) is 0 Å². The van der Waals surface area contributed by atoms with Crippen molar-refractivity contribution in [3.63, 3.8) is 0 Å². The van der Waals surface area contributed by atoms with E-state index in [0.29, 0.717) is 17.9 Å². The molecule has 0 heterocycles. The molecule has 2 nitrogen and oxygen atoms in total. The van der Waals surface area contributed by atoms with E-state index < -0.39 is 0 Å². The van der Waals surface area contributed by atoms with Gasteiger partial charge in [-0.3, -0.25) is 0 Å². The van der Waals surface area contributed by atoms with Crippen molar-refractivity contribution >= 4 is 11.6 Å². The number of nitrogens with one attached hydrogen (secondary N) is 1. The van der Waals surface area contributed by atoms with Crippen LogP contribution in [0.3, 0.4) is 0 Å². The van der Waals surface area contributed by atoms with Crippen molar-refractivity contribution in [2.45, 2.75) is 56.6 Å². The van der Waals surface area contributed by atoms with Crippen molar-refractivity contribution in [2.75, 3.05) is 6.54 Å². The monoisotopic (exact) mass is 293 g/mol. The zero-order valence-corrected chi connectivity index (χ0v) is 12.6. The van der Waals surface area contributed by atoms with Crippen LogP contribution in [-0.2, 0) is 0 Å². The Morgan fingerprint density at radius 3 is 2.75 bits per heavy atom. The summed E-state index contributed by atoms with van der Waals surface area (Å²) in [7, 11) is 0. The maximum atomic E-state index is 9.98. The highest BCUT2D eigenvalue weighted by Gasteiger charge is 2.31. The van der Waals surface area contributed by atoms with E-state index in [1.807, 2.05) is 12.1 Å². The summed E-state index contributed by atoms with van der Waals surface area (Å²) in [4.78, 5) is 0. The molecule has 1 aromatic rings. The lowest BCUT2D eigenvalue weighted by Gasteiger charge is -2.38. The van der Waals surface area contributed by atoms with Gasteiger partial charge in [0, 0.05) is 17.6 Å². The number of aliphatic hydroxyl groups excluding tert-OH is 1. The predicted molar refractivity (Wildman–Crippen MR) is 83.2 cm³/mol. The van der Waals surface area contributed by atoms with Gasteiger partial charge in [-0.05, 0) is 55.2 Å². The molecule has 0 saturated heterocycles. The second kappa shape index (κ2) is 6.46. The Balaban J connectivity index is 1.42. The fraction of sp³-hybridized carbons (Fsp3) is 0.647. The third kappa shape index (κ3) is 3.36. The summed E-state index contributed by atoms with van der Waals surface area (Å²) in [6.07, 6.45) is 6.95. The van der Waals surface area contributed by atoms with Gasteiger partial charge >= 0.3 is 0 Å². The average Bonchev–Trinajstić information content (AvgIpc) is 2.39. The van der Waals surface area contributed by atoms with E-state index >= 15 is 0 Å². The lowest BCUT2D eigenvalue weighted by atomic mass is 9.75. The molecule has 2 N–H and O–H groups in total. The summed E-state index contributed by atoms with van der Waals surface area (Å²) in [5.41, 5.74) is 1.37. The van der Waals surface area contributed by atoms with Crippen molar-refractivity contribution in [2.24, 2.45) is 5.92 Å². The standard InChI is InChI=1S/C17H24ClNO/c18-15-6-3-5-12(8-15)14-9-16(10-14)19-11-13-4-1-2-7-17(13)20/h3,5-6,8,13-14,16-17,19-20H,1-2,4,7,9-11H2. The minimum absolute atomic E-state index is 0.0833. The molecule has 2 aliphatic rings. The first-order chi connectivity index (χ1) is 9.72. The number of halogens is 1. The Hall–Kier alpha value is -0.570. The number of benzene rings is 1. The second-order valence-corrected chi connectivity index (χ2v) is 6.88. The molecule has 0 spiro atoms. The van der Waals surface area contributed by atoms with Crippen molar-refractivity contribution in [3.8, 4) is 0 Å². The van der Waals surface area contributed by atoms with E-state index in [1.165, 1.54) is 37.7 Å². The maximum Gasteiger partial charge on any atom is 0.0580 e. The van der Waals surface area contributed by atoms with E-state index in [-0.39, 0.29) is 6.10 Å². The average molecular weight is 294 g/mol. The quantitative estimate of drug-likeness (QED) is 0.886. The molecule has 2 aliphatic carbocycles. The topological polar surface area (TPSA) is 32.3 Å². The number of hydrogen-bond donors (Lipinski definition) is 2. The lowest BCUT2D eigenvalue weighted by molar-refractivity contribution is 0.0655. The van der Waals surface area contributed by atoms with Gasteiger partial charge in [-0.2, -0.15) is 0 Å². The molecule has 110 valence electrons. The van der Waals surface area contributed by atoms with E-state index in [2.05, 4.69) is 17.4 Å². The number of rotatable bonds is 4. The van der Waals surface area contributed by atoms with Crippen LogP contribution in [0, 0.1) is 5.92 Å². The molecule has 3 heteroatoms. The molecule has 2 unspecified atom stereocenters. The van der Waals surface area contributed by atoms with E-state index in [4.69, 9.17) is 11.6 Å². The van der Waals surface area contributed by atoms with Crippen molar-refractivity contribution in [1.29, 1.82) is 0 Å². The first-order valence-electron chi connectivity index (χ1n) is 7.89. The maximum absolute atomic E-state index is 9.98. The summed E-state index contributed by atoms with van der Waals surface area (Å²) in [5.74, 6) is 1.12. The highest BCUT2D eigenvalue weighted by Crippen LogP contribution is 2.38. The van der Waals surface area contributed by atoms with Crippen LogP contribution < -0.4 is 5.32 Å². The summed E-state index contributed by atoms with van der Waals surface area (Å²) in [6, 6.07) is 8.86. The van der Waals surface area contributed by atoms with Crippen molar-refractivity contribution in [1.82, 2.24) is 5.32 Å². The Morgan fingerprint density at radius 1 is 1.20 bits per heavy atom. The van der Waals surface area contributed by atoms with E-state index in [1.54, 1.807) is 0 Å². The Kier molecular flexibility index (Phi) is 4.65. The zero-order chi connectivity index (χ0) is 13.9. The Morgan fingerprint density at radius 2 is 2.00 bits per heavy atom. The molecule has 20 heavy (non-hydrogen) atoms. The first-order valence-corrected chi connectivity index (χ1v) is 8.27. The number of hydrogen-bond acceptors (Lipinski definition) is 2. The van der Waals surface area contributed by atoms with Crippen LogP contribution in [-0.4, -0.2) is 23.8 Å². The molecule has 0 aromatic heterocycles. The summed E-state index contributed by atoms with van der Waals surface area (Å²) < 4.78 is 0. The number of aliphatic hydroxyl groups is 1. The van der Waals surface area contributed by atoms with Gasteiger partial charge in [0.15, 0.2) is 0 Å². The fourth-order valence-corrected chi connectivity index (χ4v) is 3.76. The minimum Gasteiger partial charge on any atom is -0.393 e. The SMILES string of the molecule is OC1CCCCC1CNC1CC(c2cccc(Cl)c2)C1. The van der Waals surface area contributed by atoms with Gasteiger partial charge < -0.3 is 10.4 Å². The van der Waals surface area contributed by atoms with Crippen LogP contribution in [0.15, 0.2) is 24.3 Å². The van der Waals surface area contributed by atoms with Gasteiger partial charge in [0.25, 0.3) is 0 Å². The highest BCUT2D eigenvalue weighted by molar-refractivity contribution is 6.30. The molecule has 0 amide bonds. The zero-order valence-electron chi connectivity index (χ0n) is 11.9. The summed E-state index contributed by atoms with van der Waals surface area (Å²) in [6.45, 7) is 0.980. The Labute approximate surface area is 126 Å². The van der Waals surface area contributed by atoms with Gasteiger partial charge in [0.1, 0.15) is 0 Å². The molecule has 2 saturated carbocycles. The second-order valence-electron chi connectivity index (χ2n) is 6.44. The van der Waals surface area contributed by atoms with E-state index in [9.17, 15) is 5.11 Å². The van der Waals surface area contributed by atoms with Crippen LogP contribution in [0.1, 0.15) is 50.0 Å². The molecule has 3 rings (SSSR count). The van der Waals surface area contributed by atoms with Gasteiger partial charge in [-0.1, -0.05) is 36.6 Å². The molecule has 2 atom stereocenters. The normalized spacial score (nSPS) is 33.7. The lowest BCUT2D eigenvalue weighted by Crippen LogP contribution is -2.44. The summed E-state index contributed by atoms with van der Waals surface area (Å²) in [5, 5.41) is 14.5. The van der Waals surface area contributed by atoms with Crippen LogP contribution in [0.4, 0.5) is 0 Å². The highest BCUT2D eigenvalue weighted by atomic mass is 35.5. The molecule has 0 bridgehead atoms. The van der Waals surface area contributed by atoms with Crippen LogP contribution in [0.25, 0.3) is 0 Å². The third-order valence-corrected chi connectivity index (χ3v) is 5.23. The third-order valence-electron chi connectivity index (χ3n) is 5.00. The smallest absolute Gasteiger partial charge is 0.0580 e. The largest absolute Gasteiger partial charge is 0.393 e. The molecular formula is C17H24ClNO. The van der Waals surface area contributed by atoms with Gasteiger partial charge in [-0.15, -0.1) is 0 Å². The first kappa shape index (κ1) is 14.4. The molecule has 0 aliphatic heterocycles. The van der Waals surface area contributed by atoms with E-state index in [0.717, 1.165) is 18.0 Å². The predicted octanol–water partition coefficient (Wildman–Crippen LogP) is 3.73. The molecule has 1 aromatic carbocycles. The minimum atomic E-state index is -0.0833. The molecular weight excluding hydrogens is 270 g/mol. The molecule has 2 fully saturated rings. The van der Waals surface area contributed by atoms with Crippen molar-refractivity contribution < 1.29 is 5.11 Å². The van der Waals surface area contributed by atoms with Crippen LogP contribution >= 0.6 is 11.6 Å². The van der Waals surface area contributed by atoms with Gasteiger partial charge in [-0.25, -0.2) is 0 Å². The Bertz CT molecular complexity index is 444. The van der Waals surface area contributed by atoms with Crippen LogP contribution in [0.2, 0.25) is 5.02 Å².